The minimum Gasteiger partial charge on any atom is -0.315 e. The van der Waals surface area contributed by atoms with Gasteiger partial charge < -0.3 is 5.32 Å². The van der Waals surface area contributed by atoms with Crippen molar-refractivity contribution >= 4 is 32.9 Å². The van der Waals surface area contributed by atoms with Crippen molar-refractivity contribution in [2.24, 2.45) is 0 Å². The monoisotopic (exact) mass is 317 g/mol. The van der Waals surface area contributed by atoms with Crippen LogP contribution in [-0.4, -0.2) is 17.0 Å². The van der Waals surface area contributed by atoms with Crippen LogP contribution in [0, 0.1) is 0 Å². The highest BCUT2D eigenvalue weighted by atomic mass is 32.1. The van der Waals surface area contributed by atoms with Crippen LogP contribution in [0.5, 0.6) is 0 Å². The van der Waals surface area contributed by atoms with E-state index in [-0.39, 0.29) is 5.41 Å². The van der Waals surface area contributed by atoms with Crippen molar-refractivity contribution in [3.05, 3.63) is 34.3 Å². The Kier molecular flexibility index (Phi) is 3.82. The van der Waals surface area contributed by atoms with Crippen LogP contribution < -0.4 is 5.32 Å². The lowest BCUT2D eigenvalue weighted by Crippen LogP contribution is -2.16. The maximum atomic E-state index is 4.90. The van der Waals surface area contributed by atoms with Gasteiger partial charge in [0.2, 0.25) is 0 Å². The average Bonchev–Trinajstić information content (AvgIpc) is 3.03. The number of thiophene rings is 1. The Labute approximate surface area is 133 Å². The maximum Gasteiger partial charge on any atom is 0.125 e. The van der Waals surface area contributed by atoms with E-state index in [0.717, 1.165) is 22.6 Å². The Morgan fingerprint density at radius 3 is 2.81 bits per heavy atom. The normalized spacial score (nSPS) is 12.2. The van der Waals surface area contributed by atoms with Crippen LogP contribution in [0.15, 0.2) is 23.7 Å². The number of nitrogens with zero attached hydrogens (tertiary/aromatic N) is 2. The van der Waals surface area contributed by atoms with Crippen molar-refractivity contribution in [3.63, 3.8) is 0 Å². The largest absolute Gasteiger partial charge is 0.315 e. The first-order valence-electron chi connectivity index (χ1n) is 6.97. The second-order valence-electron chi connectivity index (χ2n) is 6.10. The quantitative estimate of drug-likeness (QED) is 0.776. The zero-order valence-corrected chi connectivity index (χ0v) is 14.4. The van der Waals surface area contributed by atoms with Gasteiger partial charge in [-0.15, -0.1) is 22.7 Å². The second-order valence-corrected chi connectivity index (χ2v) is 8.13. The molecular formula is C16H19N3S2. The van der Waals surface area contributed by atoms with Gasteiger partial charge in [-0.3, -0.25) is 4.98 Å². The molecule has 0 unspecified atom stereocenters. The average molecular weight is 317 g/mol. The van der Waals surface area contributed by atoms with Crippen molar-refractivity contribution in [1.29, 1.82) is 0 Å². The Morgan fingerprint density at radius 2 is 2.10 bits per heavy atom. The van der Waals surface area contributed by atoms with E-state index < -0.39 is 0 Å². The Hall–Kier alpha value is -1.30. The van der Waals surface area contributed by atoms with Gasteiger partial charge in [0.15, 0.2) is 0 Å². The number of hydrogen-bond acceptors (Lipinski definition) is 5. The lowest BCUT2D eigenvalue weighted by molar-refractivity contribution is 0.563. The molecule has 3 aromatic rings. The van der Waals surface area contributed by atoms with Gasteiger partial charge >= 0.3 is 0 Å². The highest BCUT2D eigenvalue weighted by molar-refractivity contribution is 7.17. The Balaban J connectivity index is 2.09. The molecule has 0 spiro atoms. The van der Waals surface area contributed by atoms with Crippen molar-refractivity contribution in [2.75, 3.05) is 7.05 Å². The van der Waals surface area contributed by atoms with Gasteiger partial charge in [-0.25, -0.2) is 4.98 Å². The molecule has 0 amide bonds. The fourth-order valence-corrected chi connectivity index (χ4v) is 4.35. The molecule has 0 aromatic carbocycles. The number of nitrogens with one attached hydrogen (secondary N) is 1. The summed E-state index contributed by atoms with van der Waals surface area (Å²) in [5.41, 5.74) is 3.42. The molecule has 0 aliphatic rings. The molecular weight excluding hydrogens is 298 g/mol. The molecule has 110 valence electrons. The maximum absolute atomic E-state index is 4.90. The van der Waals surface area contributed by atoms with Crippen LogP contribution in [-0.2, 0) is 12.0 Å². The molecule has 3 rings (SSSR count). The number of pyridine rings is 1. The van der Waals surface area contributed by atoms with E-state index in [4.69, 9.17) is 4.98 Å². The van der Waals surface area contributed by atoms with Crippen LogP contribution in [0.2, 0.25) is 0 Å². The van der Waals surface area contributed by atoms with Gasteiger partial charge in [0.25, 0.3) is 0 Å². The molecule has 1 N–H and O–H groups in total. The van der Waals surface area contributed by atoms with E-state index in [1.54, 1.807) is 22.7 Å². The minimum absolute atomic E-state index is 0.0569. The van der Waals surface area contributed by atoms with E-state index in [1.807, 2.05) is 13.2 Å². The summed E-state index contributed by atoms with van der Waals surface area (Å²) in [6.45, 7) is 7.50. The molecule has 21 heavy (non-hydrogen) atoms. The van der Waals surface area contributed by atoms with E-state index in [1.165, 1.54) is 15.3 Å². The molecule has 0 saturated heterocycles. The number of thiazole rings is 1. The molecule has 0 bridgehead atoms. The number of rotatable bonds is 3. The molecule has 3 nitrogen and oxygen atoms in total. The lowest BCUT2D eigenvalue weighted by Gasteiger charge is -2.17. The highest BCUT2D eigenvalue weighted by Crippen LogP contribution is 2.35. The molecule has 0 atom stereocenters. The summed E-state index contributed by atoms with van der Waals surface area (Å²) in [6, 6.07) is 4.25. The molecule has 3 heterocycles. The van der Waals surface area contributed by atoms with Crippen molar-refractivity contribution in [2.45, 2.75) is 32.7 Å². The summed E-state index contributed by atoms with van der Waals surface area (Å²) in [4.78, 5) is 10.7. The van der Waals surface area contributed by atoms with E-state index >= 15 is 0 Å². The van der Waals surface area contributed by atoms with Gasteiger partial charge in [-0.1, -0.05) is 20.8 Å². The first-order chi connectivity index (χ1) is 9.99. The van der Waals surface area contributed by atoms with Crippen molar-refractivity contribution in [3.8, 4) is 10.6 Å². The summed E-state index contributed by atoms with van der Waals surface area (Å²) in [6.07, 6.45) is 1.93. The van der Waals surface area contributed by atoms with Crippen LogP contribution >= 0.6 is 22.7 Å². The van der Waals surface area contributed by atoms with Gasteiger partial charge in [0.1, 0.15) is 5.01 Å². The summed E-state index contributed by atoms with van der Waals surface area (Å²) in [5.74, 6) is 0. The van der Waals surface area contributed by atoms with Gasteiger partial charge in [0.05, 0.1) is 15.9 Å². The number of aromatic nitrogens is 2. The topological polar surface area (TPSA) is 37.8 Å². The van der Waals surface area contributed by atoms with Crippen LogP contribution in [0.4, 0.5) is 0 Å². The van der Waals surface area contributed by atoms with E-state index in [2.05, 4.69) is 48.6 Å². The summed E-state index contributed by atoms with van der Waals surface area (Å²) in [5, 5.41) is 6.39. The van der Waals surface area contributed by atoms with Crippen LogP contribution in [0.1, 0.15) is 31.3 Å². The standard InChI is InChI=1S/C16H19N3S2/c1-16(2,3)14-13(9-17-4)21-15(19-14)10-7-12-11(18-8-10)5-6-20-12/h5-8,17H,9H2,1-4H3. The first kappa shape index (κ1) is 14.6. The fourth-order valence-electron chi connectivity index (χ4n) is 2.30. The molecule has 0 aliphatic heterocycles. The van der Waals surface area contributed by atoms with Crippen LogP contribution in [0.25, 0.3) is 20.8 Å². The first-order valence-corrected chi connectivity index (χ1v) is 8.67. The number of hydrogen-bond donors (Lipinski definition) is 1. The Bertz CT molecular complexity index is 765. The third-order valence-corrected chi connectivity index (χ3v) is 5.25. The number of fused-ring (bicyclic) bond motifs is 1. The summed E-state index contributed by atoms with van der Waals surface area (Å²) < 4.78 is 1.22. The molecule has 0 radical (unpaired) electrons. The molecule has 0 aliphatic carbocycles. The molecule has 0 fully saturated rings. The van der Waals surface area contributed by atoms with Gasteiger partial charge in [0, 0.05) is 28.6 Å². The van der Waals surface area contributed by atoms with Crippen molar-refractivity contribution in [1.82, 2.24) is 15.3 Å². The SMILES string of the molecule is CNCc1sc(-c2cnc3ccsc3c2)nc1C(C)(C)C. The third kappa shape index (κ3) is 2.86. The minimum atomic E-state index is 0.0569. The highest BCUT2D eigenvalue weighted by Gasteiger charge is 2.23. The van der Waals surface area contributed by atoms with Crippen LogP contribution in [0.3, 0.4) is 0 Å². The van der Waals surface area contributed by atoms with E-state index in [0.29, 0.717) is 0 Å². The van der Waals surface area contributed by atoms with Crippen molar-refractivity contribution < 1.29 is 0 Å². The smallest absolute Gasteiger partial charge is 0.125 e. The van der Waals surface area contributed by atoms with E-state index in [9.17, 15) is 0 Å². The predicted octanol–water partition coefficient (Wildman–Crippen LogP) is 4.44. The zero-order chi connectivity index (χ0) is 15.0. The third-order valence-electron chi connectivity index (χ3n) is 3.29. The van der Waals surface area contributed by atoms with Gasteiger partial charge in [-0.05, 0) is 24.6 Å². The molecule has 3 aromatic heterocycles. The Morgan fingerprint density at radius 1 is 1.29 bits per heavy atom. The zero-order valence-electron chi connectivity index (χ0n) is 12.7. The predicted molar refractivity (Wildman–Crippen MR) is 92.2 cm³/mol. The summed E-state index contributed by atoms with van der Waals surface area (Å²) >= 11 is 3.49. The fraction of sp³-hybridized carbons (Fsp3) is 0.375. The second kappa shape index (κ2) is 5.48. The van der Waals surface area contributed by atoms with Gasteiger partial charge in [-0.2, -0.15) is 0 Å². The summed E-state index contributed by atoms with van der Waals surface area (Å²) in [7, 11) is 1.98. The molecule has 0 saturated carbocycles. The lowest BCUT2D eigenvalue weighted by atomic mass is 9.91. The molecule has 5 heteroatoms.